The third-order valence-electron chi connectivity index (χ3n) is 3.56. The summed E-state index contributed by atoms with van der Waals surface area (Å²) in [4.78, 5) is 15.7. The summed E-state index contributed by atoms with van der Waals surface area (Å²) in [5.41, 5.74) is 2.28. The van der Waals surface area contributed by atoms with Gasteiger partial charge in [-0.1, -0.05) is 36.4 Å². The molecule has 0 aliphatic carbocycles. The smallest absolute Gasteiger partial charge is 0.407 e. The van der Waals surface area contributed by atoms with Crippen molar-refractivity contribution < 1.29 is 19.7 Å². The summed E-state index contributed by atoms with van der Waals surface area (Å²) in [5.74, 6) is 0. The maximum absolute atomic E-state index is 11.6. The molecule has 0 saturated heterocycles. The molecule has 1 amide bonds. The summed E-state index contributed by atoms with van der Waals surface area (Å²) in [5, 5.41) is 22.6. The molecule has 6 nitrogen and oxygen atoms in total. The van der Waals surface area contributed by atoms with Crippen molar-refractivity contribution >= 4 is 6.09 Å². The normalized spacial score (nSPS) is 13.1. The van der Waals surface area contributed by atoms with Gasteiger partial charge in [-0.15, -0.1) is 0 Å². The van der Waals surface area contributed by atoms with E-state index in [4.69, 9.17) is 4.74 Å². The second-order valence-electron chi connectivity index (χ2n) is 5.52. The van der Waals surface area contributed by atoms with Gasteiger partial charge in [0.1, 0.15) is 12.7 Å². The average Bonchev–Trinajstić information content (AvgIpc) is 2.61. The highest BCUT2D eigenvalue weighted by Crippen LogP contribution is 2.17. The minimum atomic E-state index is -1.04. The Bertz CT molecular complexity index is 631. The lowest BCUT2D eigenvalue weighted by Crippen LogP contribution is -2.29. The summed E-state index contributed by atoms with van der Waals surface area (Å²) < 4.78 is 5.06. The Morgan fingerprint density at radius 1 is 1.21 bits per heavy atom. The lowest BCUT2D eigenvalue weighted by molar-refractivity contribution is 0.0134. The minimum Gasteiger partial charge on any atom is -0.445 e. The number of aryl methyl sites for hydroxylation is 1. The number of nitrogens with zero attached hydrogens (tertiary/aromatic N) is 1. The molecule has 128 valence electrons. The molecule has 0 spiro atoms. The van der Waals surface area contributed by atoms with Crippen LogP contribution < -0.4 is 5.32 Å². The quantitative estimate of drug-likeness (QED) is 0.723. The van der Waals surface area contributed by atoms with Crippen LogP contribution in [0.3, 0.4) is 0 Å². The van der Waals surface area contributed by atoms with Gasteiger partial charge in [-0.2, -0.15) is 0 Å². The van der Waals surface area contributed by atoms with Gasteiger partial charge in [-0.05, 0) is 25.0 Å². The van der Waals surface area contributed by atoms with Gasteiger partial charge in [0.15, 0.2) is 0 Å². The predicted octanol–water partition coefficient (Wildman–Crippen LogP) is 2.10. The fourth-order valence-corrected chi connectivity index (χ4v) is 2.13. The second-order valence-corrected chi connectivity index (χ2v) is 5.52. The molecule has 6 heteroatoms. The minimum absolute atomic E-state index is 0.187. The molecule has 0 saturated carbocycles. The zero-order valence-electron chi connectivity index (χ0n) is 13.6. The van der Waals surface area contributed by atoms with E-state index in [0.717, 1.165) is 11.3 Å². The maximum atomic E-state index is 11.6. The number of carbonyl (C=O) groups excluding carboxylic acids is 1. The second kappa shape index (κ2) is 9.00. The van der Waals surface area contributed by atoms with Crippen LogP contribution in [0.2, 0.25) is 0 Å². The molecule has 2 rings (SSSR count). The molecule has 0 aliphatic heterocycles. The topological polar surface area (TPSA) is 91.7 Å². The third-order valence-corrected chi connectivity index (χ3v) is 3.56. The first-order valence-electron chi connectivity index (χ1n) is 7.79. The van der Waals surface area contributed by atoms with Crippen LogP contribution in [0.25, 0.3) is 0 Å². The van der Waals surface area contributed by atoms with Crippen molar-refractivity contribution in [2.45, 2.75) is 32.2 Å². The molecule has 0 bridgehead atoms. The highest BCUT2D eigenvalue weighted by atomic mass is 16.5. The molecule has 1 heterocycles. The number of aliphatic hydroxyl groups is 2. The molecule has 2 unspecified atom stereocenters. The Morgan fingerprint density at radius 3 is 2.62 bits per heavy atom. The molecule has 2 atom stereocenters. The van der Waals surface area contributed by atoms with E-state index in [9.17, 15) is 15.0 Å². The monoisotopic (exact) mass is 330 g/mol. The van der Waals surface area contributed by atoms with Crippen LogP contribution in [0.5, 0.6) is 0 Å². The highest BCUT2D eigenvalue weighted by molar-refractivity contribution is 5.67. The van der Waals surface area contributed by atoms with Crippen molar-refractivity contribution in [3.8, 4) is 0 Å². The Morgan fingerprint density at radius 2 is 1.96 bits per heavy atom. The van der Waals surface area contributed by atoms with E-state index in [-0.39, 0.29) is 19.6 Å². The van der Waals surface area contributed by atoms with Gasteiger partial charge >= 0.3 is 6.09 Å². The first-order valence-corrected chi connectivity index (χ1v) is 7.79. The zero-order chi connectivity index (χ0) is 17.4. The molecule has 0 radical (unpaired) electrons. The van der Waals surface area contributed by atoms with Crippen molar-refractivity contribution in [3.05, 3.63) is 65.5 Å². The lowest BCUT2D eigenvalue weighted by atomic mass is 10.0. The van der Waals surface area contributed by atoms with Crippen LogP contribution in [0.4, 0.5) is 4.79 Å². The number of pyridine rings is 1. The van der Waals surface area contributed by atoms with E-state index in [1.807, 2.05) is 37.3 Å². The first kappa shape index (κ1) is 17.9. The van der Waals surface area contributed by atoms with Crippen LogP contribution in [0.1, 0.15) is 29.3 Å². The van der Waals surface area contributed by atoms with Gasteiger partial charge in [0.2, 0.25) is 0 Å². The van der Waals surface area contributed by atoms with E-state index >= 15 is 0 Å². The predicted molar refractivity (Wildman–Crippen MR) is 89.2 cm³/mol. The Hall–Kier alpha value is -2.44. The number of ether oxygens (including phenoxy) is 1. The standard InChI is InChI=1S/C18H22N2O4/c1-13-7-8-15(11-20-13)17(22)16(21)9-10-19-18(23)24-12-14-5-3-2-4-6-14/h2-8,11,16-17,21-22H,9-10,12H2,1H3,(H,19,23). The summed E-state index contributed by atoms with van der Waals surface area (Å²) in [7, 11) is 0. The number of rotatable bonds is 7. The van der Waals surface area contributed by atoms with E-state index in [0.29, 0.717) is 5.56 Å². The average molecular weight is 330 g/mol. The largest absolute Gasteiger partial charge is 0.445 e. The van der Waals surface area contributed by atoms with Crippen LogP contribution in [0, 0.1) is 6.92 Å². The van der Waals surface area contributed by atoms with Crippen molar-refractivity contribution in [1.82, 2.24) is 10.3 Å². The SMILES string of the molecule is Cc1ccc(C(O)C(O)CCNC(=O)OCc2ccccc2)cn1. The Balaban J connectivity index is 1.68. The Kier molecular flexibility index (Phi) is 6.72. The van der Waals surface area contributed by atoms with Gasteiger partial charge in [-0.25, -0.2) is 4.79 Å². The number of hydrogen-bond donors (Lipinski definition) is 3. The van der Waals surface area contributed by atoms with Crippen molar-refractivity contribution in [3.63, 3.8) is 0 Å². The van der Waals surface area contributed by atoms with Crippen LogP contribution in [0.15, 0.2) is 48.7 Å². The molecule has 24 heavy (non-hydrogen) atoms. The number of alkyl carbamates (subject to hydrolysis) is 1. The number of aromatic nitrogens is 1. The zero-order valence-corrected chi connectivity index (χ0v) is 13.6. The van der Waals surface area contributed by atoms with Crippen LogP contribution in [-0.2, 0) is 11.3 Å². The van der Waals surface area contributed by atoms with Gasteiger partial charge < -0.3 is 20.3 Å². The lowest BCUT2D eigenvalue weighted by Gasteiger charge is -2.18. The first-order chi connectivity index (χ1) is 11.6. The molecular weight excluding hydrogens is 308 g/mol. The van der Waals surface area contributed by atoms with E-state index in [2.05, 4.69) is 10.3 Å². The number of aliphatic hydroxyl groups excluding tert-OH is 2. The maximum Gasteiger partial charge on any atom is 0.407 e. The van der Waals surface area contributed by atoms with E-state index < -0.39 is 18.3 Å². The molecule has 3 N–H and O–H groups in total. The van der Waals surface area contributed by atoms with Crippen molar-refractivity contribution in [1.29, 1.82) is 0 Å². The van der Waals surface area contributed by atoms with Gasteiger partial charge in [0.05, 0.1) is 6.10 Å². The highest BCUT2D eigenvalue weighted by Gasteiger charge is 2.18. The van der Waals surface area contributed by atoms with E-state index in [1.165, 1.54) is 6.20 Å². The number of benzene rings is 1. The summed E-state index contributed by atoms with van der Waals surface area (Å²) in [6.07, 6.45) is -0.859. The third kappa shape index (κ3) is 5.64. The molecule has 0 fully saturated rings. The van der Waals surface area contributed by atoms with Crippen LogP contribution >= 0.6 is 0 Å². The summed E-state index contributed by atoms with van der Waals surface area (Å²) in [6, 6.07) is 12.8. The van der Waals surface area contributed by atoms with E-state index in [1.54, 1.807) is 12.1 Å². The fraction of sp³-hybridized carbons (Fsp3) is 0.333. The molecule has 1 aromatic heterocycles. The molecule has 0 aliphatic rings. The fourth-order valence-electron chi connectivity index (χ4n) is 2.13. The van der Waals surface area contributed by atoms with Gasteiger partial charge in [0, 0.05) is 24.0 Å². The summed E-state index contributed by atoms with van der Waals surface area (Å²) >= 11 is 0. The number of carbonyl (C=O) groups is 1. The van der Waals surface area contributed by atoms with Crippen molar-refractivity contribution in [2.24, 2.45) is 0 Å². The molecular formula is C18H22N2O4. The molecule has 1 aromatic carbocycles. The number of hydrogen-bond acceptors (Lipinski definition) is 5. The van der Waals surface area contributed by atoms with Gasteiger partial charge in [0.25, 0.3) is 0 Å². The van der Waals surface area contributed by atoms with Gasteiger partial charge in [-0.3, -0.25) is 4.98 Å². The number of nitrogens with one attached hydrogen (secondary N) is 1. The number of amides is 1. The van der Waals surface area contributed by atoms with Crippen LogP contribution in [-0.4, -0.2) is 33.9 Å². The van der Waals surface area contributed by atoms with Crippen molar-refractivity contribution in [2.75, 3.05) is 6.54 Å². The Labute approximate surface area is 141 Å². The summed E-state index contributed by atoms with van der Waals surface area (Å²) in [6.45, 7) is 2.23. The molecule has 2 aromatic rings.